The monoisotopic (exact) mass is 198 g/mol. The number of rotatable bonds is 4. The van der Waals surface area contributed by atoms with Gasteiger partial charge in [-0.1, -0.05) is 13.3 Å². The molecule has 3 nitrogen and oxygen atoms in total. The van der Waals surface area contributed by atoms with Gasteiger partial charge in [0, 0.05) is 7.05 Å². The third-order valence-corrected chi connectivity index (χ3v) is 3.16. The van der Waals surface area contributed by atoms with Crippen LogP contribution in [0.25, 0.3) is 0 Å². The van der Waals surface area contributed by atoms with Gasteiger partial charge in [0.25, 0.3) is 0 Å². The van der Waals surface area contributed by atoms with Gasteiger partial charge in [-0.15, -0.1) is 0 Å². The van der Waals surface area contributed by atoms with E-state index in [0.29, 0.717) is 0 Å². The number of hydrogen-bond donors (Lipinski definition) is 2. The van der Waals surface area contributed by atoms with Gasteiger partial charge in [0.1, 0.15) is 0 Å². The van der Waals surface area contributed by atoms with Crippen molar-refractivity contribution in [2.45, 2.75) is 39.2 Å². The SMILES string of the molecule is CNC(=O)C(C)NCC1CCC(C)C1. The van der Waals surface area contributed by atoms with Crippen LogP contribution in [0, 0.1) is 11.8 Å². The fraction of sp³-hybridized carbons (Fsp3) is 0.909. The van der Waals surface area contributed by atoms with Crippen LogP contribution in [0.5, 0.6) is 0 Å². The smallest absolute Gasteiger partial charge is 0.236 e. The van der Waals surface area contributed by atoms with E-state index in [1.807, 2.05) is 6.92 Å². The second kappa shape index (κ2) is 5.35. The van der Waals surface area contributed by atoms with Crippen molar-refractivity contribution in [2.75, 3.05) is 13.6 Å². The van der Waals surface area contributed by atoms with Gasteiger partial charge in [-0.2, -0.15) is 0 Å². The van der Waals surface area contributed by atoms with Crippen LogP contribution in [-0.2, 0) is 4.79 Å². The summed E-state index contributed by atoms with van der Waals surface area (Å²) in [6.45, 7) is 5.21. The minimum absolute atomic E-state index is 0.0593. The minimum Gasteiger partial charge on any atom is -0.358 e. The van der Waals surface area contributed by atoms with E-state index >= 15 is 0 Å². The van der Waals surface area contributed by atoms with Crippen LogP contribution in [0.4, 0.5) is 0 Å². The van der Waals surface area contributed by atoms with Gasteiger partial charge >= 0.3 is 0 Å². The van der Waals surface area contributed by atoms with E-state index in [1.165, 1.54) is 19.3 Å². The van der Waals surface area contributed by atoms with E-state index in [9.17, 15) is 4.79 Å². The lowest BCUT2D eigenvalue weighted by molar-refractivity contribution is -0.122. The van der Waals surface area contributed by atoms with Crippen molar-refractivity contribution in [1.29, 1.82) is 0 Å². The molecule has 0 heterocycles. The first-order valence-corrected chi connectivity index (χ1v) is 5.58. The number of nitrogens with one attached hydrogen (secondary N) is 2. The highest BCUT2D eigenvalue weighted by Gasteiger charge is 2.22. The number of amides is 1. The number of carbonyl (C=O) groups excluding carboxylic acids is 1. The normalized spacial score (nSPS) is 28.8. The highest BCUT2D eigenvalue weighted by Crippen LogP contribution is 2.29. The fourth-order valence-corrected chi connectivity index (χ4v) is 2.16. The molecule has 0 saturated heterocycles. The Kier molecular flexibility index (Phi) is 4.39. The highest BCUT2D eigenvalue weighted by molar-refractivity contribution is 5.80. The Bertz CT molecular complexity index is 194. The molecule has 1 aliphatic carbocycles. The summed E-state index contributed by atoms with van der Waals surface area (Å²) in [4.78, 5) is 11.2. The summed E-state index contributed by atoms with van der Waals surface area (Å²) >= 11 is 0. The van der Waals surface area contributed by atoms with Crippen molar-refractivity contribution in [3.8, 4) is 0 Å². The molecule has 1 aliphatic rings. The van der Waals surface area contributed by atoms with Gasteiger partial charge in [0.2, 0.25) is 5.91 Å². The largest absolute Gasteiger partial charge is 0.358 e. The average molecular weight is 198 g/mol. The lowest BCUT2D eigenvalue weighted by Gasteiger charge is -2.15. The second-order valence-corrected chi connectivity index (χ2v) is 4.53. The molecule has 0 spiro atoms. The van der Waals surface area contributed by atoms with Crippen LogP contribution in [-0.4, -0.2) is 25.5 Å². The third kappa shape index (κ3) is 3.29. The summed E-state index contributed by atoms with van der Waals surface area (Å²) < 4.78 is 0. The Hall–Kier alpha value is -0.570. The topological polar surface area (TPSA) is 41.1 Å². The summed E-state index contributed by atoms with van der Waals surface area (Å²) in [5, 5.41) is 5.93. The zero-order valence-electron chi connectivity index (χ0n) is 9.47. The van der Waals surface area contributed by atoms with Gasteiger partial charge in [-0.25, -0.2) is 0 Å². The minimum atomic E-state index is -0.0593. The van der Waals surface area contributed by atoms with Crippen LogP contribution in [0.1, 0.15) is 33.1 Å². The maximum absolute atomic E-state index is 11.2. The molecule has 1 saturated carbocycles. The molecule has 0 bridgehead atoms. The van der Waals surface area contributed by atoms with Crippen molar-refractivity contribution in [1.82, 2.24) is 10.6 Å². The molecule has 3 heteroatoms. The van der Waals surface area contributed by atoms with Crippen molar-refractivity contribution in [2.24, 2.45) is 11.8 Å². The Balaban J connectivity index is 2.17. The van der Waals surface area contributed by atoms with Gasteiger partial charge in [-0.05, 0) is 38.1 Å². The van der Waals surface area contributed by atoms with Crippen LogP contribution in [0.3, 0.4) is 0 Å². The summed E-state index contributed by atoms with van der Waals surface area (Å²) in [5.74, 6) is 1.73. The molecule has 0 aromatic rings. The number of carbonyl (C=O) groups is 1. The van der Waals surface area contributed by atoms with Crippen molar-refractivity contribution in [3.63, 3.8) is 0 Å². The molecule has 2 N–H and O–H groups in total. The molecule has 3 unspecified atom stereocenters. The predicted octanol–water partition coefficient (Wildman–Crippen LogP) is 1.15. The quantitative estimate of drug-likeness (QED) is 0.711. The lowest BCUT2D eigenvalue weighted by atomic mass is 10.1. The first-order chi connectivity index (χ1) is 6.63. The Morgan fingerprint density at radius 1 is 1.50 bits per heavy atom. The van der Waals surface area contributed by atoms with Crippen LogP contribution in [0.15, 0.2) is 0 Å². The fourth-order valence-electron chi connectivity index (χ4n) is 2.16. The molecule has 1 rings (SSSR count). The second-order valence-electron chi connectivity index (χ2n) is 4.53. The van der Waals surface area contributed by atoms with Crippen LogP contribution < -0.4 is 10.6 Å². The van der Waals surface area contributed by atoms with Gasteiger partial charge < -0.3 is 10.6 Å². The van der Waals surface area contributed by atoms with E-state index in [1.54, 1.807) is 7.05 Å². The van der Waals surface area contributed by atoms with E-state index in [-0.39, 0.29) is 11.9 Å². The number of likely N-dealkylation sites (N-methyl/N-ethyl adjacent to an activating group) is 1. The maximum atomic E-state index is 11.2. The Labute approximate surface area is 86.6 Å². The lowest BCUT2D eigenvalue weighted by Crippen LogP contribution is -2.42. The molecule has 0 aromatic heterocycles. The third-order valence-electron chi connectivity index (χ3n) is 3.16. The first kappa shape index (κ1) is 11.5. The Morgan fingerprint density at radius 2 is 2.21 bits per heavy atom. The van der Waals surface area contributed by atoms with E-state index in [4.69, 9.17) is 0 Å². The van der Waals surface area contributed by atoms with Crippen LogP contribution in [0.2, 0.25) is 0 Å². The van der Waals surface area contributed by atoms with Gasteiger partial charge in [-0.3, -0.25) is 4.79 Å². The van der Waals surface area contributed by atoms with Crippen molar-refractivity contribution in [3.05, 3.63) is 0 Å². The summed E-state index contributed by atoms with van der Waals surface area (Å²) in [6.07, 6.45) is 3.97. The molecule has 82 valence electrons. The highest BCUT2D eigenvalue weighted by atomic mass is 16.2. The molecular formula is C11H22N2O. The predicted molar refractivity (Wildman–Crippen MR) is 58.0 cm³/mol. The molecule has 1 fully saturated rings. The van der Waals surface area contributed by atoms with E-state index in [0.717, 1.165) is 18.4 Å². The zero-order valence-corrected chi connectivity index (χ0v) is 9.47. The summed E-state index contributed by atoms with van der Waals surface area (Å²) in [7, 11) is 1.68. The van der Waals surface area contributed by atoms with E-state index < -0.39 is 0 Å². The van der Waals surface area contributed by atoms with Gasteiger partial charge in [0.05, 0.1) is 6.04 Å². The molecule has 0 aliphatic heterocycles. The molecular weight excluding hydrogens is 176 g/mol. The average Bonchev–Trinajstić information content (AvgIpc) is 2.59. The molecule has 1 amide bonds. The molecule has 14 heavy (non-hydrogen) atoms. The van der Waals surface area contributed by atoms with Gasteiger partial charge in [0.15, 0.2) is 0 Å². The maximum Gasteiger partial charge on any atom is 0.236 e. The molecule has 0 radical (unpaired) electrons. The zero-order chi connectivity index (χ0) is 10.6. The molecule has 3 atom stereocenters. The van der Waals surface area contributed by atoms with E-state index in [2.05, 4.69) is 17.6 Å². The Morgan fingerprint density at radius 3 is 2.71 bits per heavy atom. The summed E-state index contributed by atoms with van der Waals surface area (Å²) in [5.41, 5.74) is 0. The van der Waals surface area contributed by atoms with Crippen LogP contribution >= 0.6 is 0 Å². The molecule has 0 aromatic carbocycles. The number of hydrogen-bond acceptors (Lipinski definition) is 2. The van der Waals surface area contributed by atoms with Crippen molar-refractivity contribution < 1.29 is 4.79 Å². The standard InChI is InChI=1S/C11H22N2O/c1-8-4-5-10(6-8)7-13-9(2)11(14)12-3/h8-10,13H,4-7H2,1-3H3,(H,12,14). The van der Waals surface area contributed by atoms with Crippen molar-refractivity contribution >= 4 is 5.91 Å². The first-order valence-electron chi connectivity index (χ1n) is 5.58. The summed E-state index contributed by atoms with van der Waals surface area (Å²) in [6, 6.07) is -0.0593.